The number of hydrogen-bond acceptors (Lipinski definition) is 2. The smallest absolute Gasteiger partial charge is 0.288 e. The lowest BCUT2D eigenvalue weighted by molar-refractivity contribution is 0.252. The second kappa shape index (κ2) is 6.33. The van der Waals surface area contributed by atoms with Crippen molar-refractivity contribution < 1.29 is 8.78 Å². The Labute approximate surface area is 123 Å². The first kappa shape index (κ1) is 14.2. The van der Waals surface area contributed by atoms with Gasteiger partial charge in [0.2, 0.25) is 0 Å². The number of anilines is 1. The lowest BCUT2D eigenvalue weighted by Crippen LogP contribution is -2.28. The van der Waals surface area contributed by atoms with Gasteiger partial charge in [-0.05, 0) is 61.8 Å². The van der Waals surface area contributed by atoms with Crippen molar-refractivity contribution in [3.8, 4) is 0 Å². The number of alkyl halides is 2. The van der Waals surface area contributed by atoms with Crippen LogP contribution in [0.1, 0.15) is 38.5 Å². The summed E-state index contributed by atoms with van der Waals surface area (Å²) in [7, 11) is 0. The van der Waals surface area contributed by atoms with Crippen LogP contribution in [0.15, 0.2) is 29.2 Å². The maximum absolute atomic E-state index is 12.3. The van der Waals surface area contributed by atoms with E-state index >= 15 is 0 Å². The van der Waals surface area contributed by atoms with E-state index in [2.05, 4.69) is 5.32 Å². The molecule has 0 bridgehead atoms. The van der Waals surface area contributed by atoms with Gasteiger partial charge in [0.15, 0.2) is 0 Å². The molecule has 2 unspecified atom stereocenters. The van der Waals surface area contributed by atoms with Gasteiger partial charge >= 0.3 is 0 Å². The number of halogens is 2. The normalized spacial score (nSPS) is 26.8. The molecule has 0 amide bonds. The number of hydrogen-bond donors (Lipinski definition) is 1. The van der Waals surface area contributed by atoms with Gasteiger partial charge in [0.1, 0.15) is 0 Å². The zero-order valence-corrected chi connectivity index (χ0v) is 12.3. The molecule has 4 heteroatoms. The van der Waals surface area contributed by atoms with Crippen LogP contribution < -0.4 is 5.32 Å². The van der Waals surface area contributed by atoms with Crippen LogP contribution in [0, 0.1) is 11.8 Å². The minimum atomic E-state index is -2.34. The summed E-state index contributed by atoms with van der Waals surface area (Å²) < 4.78 is 24.5. The largest absolute Gasteiger partial charge is 0.382 e. The van der Waals surface area contributed by atoms with E-state index in [1.54, 1.807) is 12.1 Å². The average molecular weight is 297 g/mol. The van der Waals surface area contributed by atoms with Gasteiger partial charge in [-0.25, -0.2) is 0 Å². The fourth-order valence-corrected chi connectivity index (χ4v) is 3.82. The molecule has 20 heavy (non-hydrogen) atoms. The molecular weight excluding hydrogens is 276 g/mol. The zero-order valence-electron chi connectivity index (χ0n) is 11.5. The number of thioether (sulfide) groups is 1. The predicted octanol–water partition coefficient (Wildman–Crippen LogP) is 5.38. The van der Waals surface area contributed by atoms with Crippen molar-refractivity contribution in [3.05, 3.63) is 24.3 Å². The molecule has 0 spiro atoms. The number of nitrogens with one attached hydrogen (secondary N) is 1. The molecule has 1 nitrogen and oxygen atoms in total. The van der Waals surface area contributed by atoms with Crippen LogP contribution in [0.2, 0.25) is 0 Å². The number of benzene rings is 1. The first-order chi connectivity index (χ1) is 9.70. The van der Waals surface area contributed by atoms with E-state index in [4.69, 9.17) is 0 Å². The first-order valence-corrected chi connectivity index (χ1v) is 8.40. The molecular formula is C16H21F2NS. The lowest BCUT2D eigenvalue weighted by atomic mass is 9.82. The van der Waals surface area contributed by atoms with E-state index in [-0.39, 0.29) is 0 Å². The van der Waals surface area contributed by atoms with Crippen LogP contribution >= 0.6 is 11.8 Å². The standard InChI is InChI=1S/C16H21F2NS/c17-16(18)20-15-8-6-13(7-9-15)19-14-3-1-2-12(10-14)11-4-5-11/h6-9,11-12,14,16,19H,1-5,10H2. The zero-order chi connectivity index (χ0) is 13.9. The highest BCUT2D eigenvalue weighted by atomic mass is 32.2. The van der Waals surface area contributed by atoms with Crippen LogP contribution in [0.25, 0.3) is 0 Å². The molecule has 3 rings (SSSR count). The summed E-state index contributed by atoms with van der Waals surface area (Å²) in [4.78, 5) is 0.630. The molecule has 0 aliphatic heterocycles. The SMILES string of the molecule is FC(F)Sc1ccc(NC2CCCC(C3CC3)C2)cc1. The van der Waals surface area contributed by atoms with Gasteiger partial charge < -0.3 is 5.32 Å². The van der Waals surface area contributed by atoms with Crippen molar-refractivity contribution >= 4 is 17.4 Å². The summed E-state index contributed by atoms with van der Waals surface area (Å²) in [5.74, 6) is -0.439. The fraction of sp³-hybridized carbons (Fsp3) is 0.625. The molecule has 0 heterocycles. The minimum Gasteiger partial charge on any atom is -0.382 e. The van der Waals surface area contributed by atoms with Crippen LogP contribution in [0.4, 0.5) is 14.5 Å². The molecule has 2 saturated carbocycles. The molecule has 1 aromatic carbocycles. The van der Waals surface area contributed by atoms with E-state index in [0.29, 0.717) is 22.7 Å². The van der Waals surface area contributed by atoms with E-state index in [9.17, 15) is 8.78 Å². The van der Waals surface area contributed by atoms with Gasteiger partial charge in [0.05, 0.1) is 0 Å². The molecule has 110 valence electrons. The highest BCUT2D eigenvalue weighted by Gasteiger charge is 2.34. The summed E-state index contributed by atoms with van der Waals surface area (Å²) in [6.07, 6.45) is 8.08. The molecule has 2 aliphatic rings. The maximum Gasteiger partial charge on any atom is 0.288 e. The van der Waals surface area contributed by atoms with E-state index in [1.807, 2.05) is 12.1 Å². The summed E-state index contributed by atoms with van der Waals surface area (Å²) in [6.45, 7) is 0. The first-order valence-electron chi connectivity index (χ1n) is 7.52. The van der Waals surface area contributed by atoms with Crippen LogP contribution in [-0.4, -0.2) is 11.8 Å². The van der Waals surface area contributed by atoms with E-state index in [1.165, 1.54) is 38.5 Å². The topological polar surface area (TPSA) is 12.0 Å². The van der Waals surface area contributed by atoms with Crippen molar-refractivity contribution in [2.45, 2.75) is 55.2 Å². The van der Waals surface area contributed by atoms with Gasteiger partial charge in [-0.2, -0.15) is 8.78 Å². The minimum absolute atomic E-state index is 0.558. The lowest BCUT2D eigenvalue weighted by Gasteiger charge is -2.30. The average Bonchev–Trinajstić information content (AvgIpc) is 3.25. The van der Waals surface area contributed by atoms with Gasteiger partial charge in [-0.15, -0.1) is 0 Å². The highest BCUT2D eigenvalue weighted by molar-refractivity contribution is 7.99. The quantitative estimate of drug-likeness (QED) is 0.732. The Bertz CT molecular complexity index is 431. The van der Waals surface area contributed by atoms with E-state index < -0.39 is 5.76 Å². The number of rotatable bonds is 5. The van der Waals surface area contributed by atoms with Crippen molar-refractivity contribution in [2.24, 2.45) is 11.8 Å². The second-order valence-corrected chi connectivity index (χ2v) is 7.07. The Morgan fingerprint density at radius 2 is 1.75 bits per heavy atom. The third-order valence-electron chi connectivity index (χ3n) is 4.45. The summed E-state index contributed by atoms with van der Waals surface area (Å²) in [5, 5.41) is 3.58. The summed E-state index contributed by atoms with van der Waals surface area (Å²) in [6, 6.07) is 7.96. The predicted molar refractivity (Wildman–Crippen MR) is 80.4 cm³/mol. The van der Waals surface area contributed by atoms with Crippen molar-refractivity contribution in [1.29, 1.82) is 0 Å². The Hall–Kier alpha value is -0.770. The van der Waals surface area contributed by atoms with Gasteiger partial charge in [0.25, 0.3) is 5.76 Å². The van der Waals surface area contributed by atoms with Crippen LogP contribution in [-0.2, 0) is 0 Å². The molecule has 1 N–H and O–H groups in total. The van der Waals surface area contributed by atoms with Crippen molar-refractivity contribution in [1.82, 2.24) is 0 Å². The third-order valence-corrected chi connectivity index (χ3v) is 5.18. The maximum atomic E-state index is 12.3. The molecule has 2 fully saturated rings. The molecule has 1 aromatic rings. The molecule has 0 aromatic heterocycles. The van der Waals surface area contributed by atoms with Crippen LogP contribution in [0.3, 0.4) is 0 Å². The Morgan fingerprint density at radius 3 is 2.40 bits per heavy atom. The summed E-state index contributed by atoms with van der Waals surface area (Å²) in [5.41, 5.74) is 1.06. The Morgan fingerprint density at radius 1 is 1.00 bits per heavy atom. The van der Waals surface area contributed by atoms with Gasteiger partial charge in [0, 0.05) is 16.6 Å². The second-order valence-electron chi connectivity index (χ2n) is 6.01. The fourth-order valence-electron chi connectivity index (χ4n) is 3.32. The van der Waals surface area contributed by atoms with Crippen molar-refractivity contribution in [2.75, 3.05) is 5.32 Å². The highest BCUT2D eigenvalue weighted by Crippen LogP contribution is 2.44. The Kier molecular flexibility index (Phi) is 4.49. The molecule has 2 aliphatic carbocycles. The third kappa shape index (κ3) is 3.87. The van der Waals surface area contributed by atoms with Gasteiger partial charge in [-0.1, -0.05) is 24.6 Å². The molecule has 0 radical (unpaired) electrons. The van der Waals surface area contributed by atoms with Crippen molar-refractivity contribution in [3.63, 3.8) is 0 Å². The monoisotopic (exact) mass is 297 g/mol. The van der Waals surface area contributed by atoms with Crippen LogP contribution in [0.5, 0.6) is 0 Å². The molecule has 2 atom stereocenters. The summed E-state index contributed by atoms with van der Waals surface area (Å²) >= 11 is 0.605. The Balaban J connectivity index is 1.54. The van der Waals surface area contributed by atoms with E-state index in [0.717, 1.165) is 17.5 Å². The molecule has 0 saturated heterocycles. The van der Waals surface area contributed by atoms with Gasteiger partial charge in [-0.3, -0.25) is 0 Å².